The van der Waals surface area contributed by atoms with Crippen LogP contribution in [0.5, 0.6) is 0 Å². The van der Waals surface area contributed by atoms with Crippen molar-refractivity contribution in [2.75, 3.05) is 20.1 Å². The molecule has 0 bridgehead atoms. The number of likely N-dealkylation sites (N-methyl/N-ethyl adjacent to an activating group) is 1. The quantitative estimate of drug-likeness (QED) is 0.352. The second kappa shape index (κ2) is 5.86. The molecule has 6 heteroatoms. The lowest BCUT2D eigenvalue weighted by atomic mass is 10.1. The van der Waals surface area contributed by atoms with Crippen molar-refractivity contribution in [2.24, 2.45) is 0 Å². The molecule has 0 spiro atoms. The van der Waals surface area contributed by atoms with Gasteiger partial charge in [0, 0.05) is 17.7 Å². The SMILES string of the molecule is C[NH+]1CC=C(NNC(=O)C(=O)NC(C)(C)C)CC1. The first-order valence-electron chi connectivity index (χ1n) is 6.17. The number of nitrogens with one attached hydrogen (secondary N) is 4. The van der Waals surface area contributed by atoms with Crippen LogP contribution in [-0.4, -0.2) is 37.5 Å². The van der Waals surface area contributed by atoms with E-state index in [1.165, 1.54) is 4.90 Å². The van der Waals surface area contributed by atoms with Gasteiger partial charge in [-0.15, -0.1) is 0 Å². The molecule has 18 heavy (non-hydrogen) atoms. The first-order chi connectivity index (χ1) is 8.28. The van der Waals surface area contributed by atoms with E-state index in [1.54, 1.807) is 0 Å². The molecule has 0 radical (unpaired) electrons. The van der Waals surface area contributed by atoms with Crippen molar-refractivity contribution < 1.29 is 14.5 Å². The summed E-state index contributed by atoms with van der Waals surface area (Å²) in [6.45, 7) is 7.42. The topological polar surface area (TPSA) is 74.7 Å². The molecule has 6 nitrogen and oxygen atoms in total. The summed E-state index contributed by atoms with van der Waals surface area (Å²) in [5.74, 6) is -1.30. The van der Waals surface area contributed by atoms with Crippen molar-refractivity contribution in [3.05, 3.63) is 11.8 Å². The standard InChI is InChI=1S/C12H22N4O2/c1-12(2,3)13-10(17)11(18)15-14-9-5-7-16(4)8-6-9/h5,14H,6-8H2,1-4H3,(H,13,17)(H,15,18)/p+1. The van der Waals surface area contributed by atoms with Crippen LogP contribution >= 0.6 is 0 Å². The Hall–Kier alpha value is -1.56. The molecule has 1 aliphatic rings. The van der Waals surface area contributed by atoms with Gasteiger partial charge in [0.05, 0.1) is 20.1 Å². The van der Waals surface area contributed by atoms with Gasteiger partial charge in [0.2, 0.25) is 0 Å². The maximum absolute atomic E-state index is 11.5. The van der Waals surface area contributed by atoms with E-state index in [0.717, 1.165) is 25.2 Å². The molecule has 2 amide bonds. The second-order valence-electron chi connectivity index (χ2n) is 5.67. The predicted molar refractivity (Wildman–Crippen MR) is 68.5 cm³/mol. The van der Waals surface area contributed by atoms with E-state index in [4.69, 9.17) is 0 Å². The lowest BCUT2D eigenvalue weighted by Gasteiger charge is -2.22. The van der Waals surface area contributed by atoms with Crippen molar-refractivity contribution in [1.29, 1.82) is 0 Å². The fourth-order valence-corrected chi connectivity index (χ4v) is 1.55. The minimum Gasteiger partial charge on any atom is -0.343 e. The van der Waals surface area contributed by atoms with E-state index in [1.807, 2.05) is 26.8 Å². The van der Waals surface area contributed by atoms with Gasteiger partial charge in [0.25, 0.3) is 0 Å². The molecule has 0 aromatic heterocycles. The normalized spacial score (nSPS) is 19.8. The van der Waals surface area contributed by atoms with Crippen molar-refractivity contribution in [2.45, 2.75) is 32.7 Å². The molecule has 0 aromatic carbocycles. The number of quaternary nitrogens is 1. The van der Waals surface area contributed by atoms with Gasteiger partial charge in [-0.05, 0) is 26.8 Å². The molecule has 0 aliphatic carbocycles. The van der Waals surface area contributed by atoms with Crippen molar-refractivity contribution in [3.63, 3.8) is 0 Å². The third kappa shape index (κ3) is 5.18. The Bertz CT molecular complexity index is 358. The second-order valence-corrected chi connectivity index (χ2v) is 5.67. The smallest absolute Gasteiger partial charge is 0.327 e. The molecule has 1 heterocycles. The summed E-state index contributed by atoms with van der Waals surface area (Å²) >= 11 is 0. The van der Waals surface area contributed by atoms with Gasteiger partial charge in [0.15, 0.2) is 0 Å². The minimum absolute atomic E-state index is 0.412. The Balaban J connectivity index is 2.35. The lowest BCUT2D eigenvalue weighted by molar-refractivity contribution is -0.875. The Morgan fingerprint density at radius 3 is 2.44 bits per heavy atom. The number of hydrogen-bond acceptors (Lipinski definition) is 3. The molecule has 1 atom stereocenters. The molecule has 0 aromatic rings. The van der Waals surface area contributed by atoms with Gasteiger partial charge in [-0.3, -0.25) is 15.0 Å². The molecule has 1 aliphatic heterocycles. The highest BCUT2D eigenvalue weighted by Gasteiger charge is 2.20. The third-order valence-electron chi connectivity index (χ3n) is 2.55. The number of rotatable bonds is 2. The summed E-state index contributed by atoms with van der Waals surface area (Å²) in [6.07, 6.45) is 2.90. The van der Waals surface area contributed by atoms with Crippen LogP contribution in [0.3, 0.4) is 0 Å². The lowest BCUT2D eigenvalue weighted by Crippen LogP contribution is -3.09. The van der Waals surface area contributed by atoms with Crippen molar-refractivity contribution in [3.8, 4) is 0 Å². The van der Waals surface area contributed by atoms with Gasteiger partial charge < -0.3 is 15.6 Å². The van der Waals surface area contributed by atoms with Gasteiger partial charge >= 0.3 is 11.8 Å². The Labute approximate surface area is 108 Å². The molecule has 1 unspecified atom stereocenters. The molecule has 1 rings (SSSR count). The summed E-state index contributed by atoms with van der Waals surface area (Å²) < 4.78 is 0. The summed E-state index contributed by atoms with van der Waals surface area (Å²) in [5.41, 5.74) is 5.75. The average molecular weight is 255 g/mol. The zero-order valence-corrected chi connectivity index (χ0v) is 11.5. The summed E-state index contributed by atoms with van der Waals surface area (Å²) in [4.78, 5) is 24.4. The number of hydrogen-bond donors (Lipinski definition) is 4. The highest BCUT2D eigenvalue weighted by atomic mass is 16.2. The van der Waals surface area contributed by atoms with Gasteiger partial charge in [-0.25, -0.2) is 0 Å². The van der Waals surface area contributed by atoms with Crippen LogP contribution in [0.25, 0.3) is 0 Å². The van der Waals surface area contributed by atoms with Gasteiger partial charge in [-0.1, -0.05) is 0 Å². The predicted octanol–water partition coefficient (Wildman–Crippen LogP) is -1.68. The highest BCUT2D eigenvalue weighted by molar-refractivity contribution is 6.35. The van der Waals surface area contributed by atoms with Crippen LogP contribution in [0.2, 0.25) is 0 Å². The van der Waals surface area contributed by atoms with Crippen LogP contribution in [0.15, 0.2) is 11.8 Å². The van der Waals surface area contributed by atoms with Gasteiger partial charge in [-0.2, -0.15) is 0 Å². The van der Waals surface area contributed by atoms with E-state index in [0.29, 0.717) is 0 Å². The van der Waals surface area contributed by atoms with Crippen LogP contribution in [0.4, 0.5) is 0 Å². The average Bonchev–Trinajstić information content (AvgIpc) is 2.25. The van der Waals surface area contributed by atoms with E-state index in [-0.39, 0.29) is 0 Å². The third-order valence-corrected chi connectivity index (χ3v) is 2.55. The fraction of sp³-hybridized carbons (Fsp3) is 0.667. The molecule has 4 N–H and O–H groups in total. The first kappa shape index (κ1) is 14.5. The largest absolute Gasteiger partial charge is 0.343 e. The van der Waals surface area contributed by atoms with E-state index in [9.17, 15) is 9.59 Å². The summed E-state index contributed by atoms with van der Waals surface area (Å²) in [6, 6.07) is 0. The van der Waals surface area contributed by atoms with Crippen LogP contribution in [-0.2, 0) is 9.59 Å². The monoisotopic (exact) mass is 255 g/mol. The molecule has 0 fully saturated rings. The molecular formula is C12H23N4O2+. The van der Waals surface area contributed by atoms with E-state index < -0.39 is 17.4 Å². The molecule has 0 saturated carbocycles. The number of carbonyl (C=O) groups is 2. The van der Waals surface area contributed by atoms with Crippen molar-refractivity contribution in [1.82, 2.24) is 16.2 Å². The zero-order chi connectivity index (χ0) is 13.8. The Kier molecular flexibility index (Phi) is 4.72. The van der Waals surface area contributed by atoms with E-state index in [2.05, 4.69) is 23.2 Å². The summed E-state index contributed by atoms with van der Waals surface area (Å²) in [7, 11) is 2.11. The summed E-state index contributed by atoms with van der Waals surface area (Å²) in [5, 5.41) is 2.60. The highest BCUT2D eigenvalue weighted by Crippen LogP contribution is 1.98. The number of hydrazine groups is 1. The molecule has 102 valence electrons. The number of carbonyl (C=O) groups excluding carboxylic acids is 2. The van der Waals surface area contributed by atoms with Crippen LogP contribution in [0.1, 0.15) is 27.2 Å². The van der Waals surface area contributed by atoms with Crippen LogP contribution in [0, 0.1) is 0 Å². The van der Waals surface area contributed by atoms with E-state index >= 15 is 0 Å². The molecular weight excluding hydrogens is 232 g/mol. The first-order valence-corrected chi connectivity index (χ1v) is 6.17. The Morgan fingerprint density at radius 2 is 1.94 bits per heavy atom. The maximum atomic E-state index is 11.5. The number of amides is 2. The Morgan fingerprint density at radius 1 is 1.28 bits per heavy atom. The fourth-order valence-electron chi connectivity index (χ4n) is 1.55. The molecule has 0 saturated heterocycles. The zero-order valence-electron chi connectivity index (χ0n) is 11.5. The minimum atomic E-state index is -0.669. The van der Waals surface area contributed by atoms with Crippen LogP contribution < -0.4 is 21.1 Å². The maximum Gasteiger partial charge on any atom is 0.327 e. The van der Waals surface area contributed by atoms with Gasteiger partial charge in [0.1, 0.15) is 0 Å². The van der Waals surface area contributed by atoms with Crippen molar-refractivity contribution >= 4 is 11.8 Å².